The Morgan fingerprint density at radius 3 is 2.81 bits per heavy atom. The van der Waals surface area contributed by atoms with Crippen LogP contribution in [0.2, 0.25) is 0 Å². The number of rotatable bonds is 4. The minimum absolute atomic E-state index is 0.0161. The second-order valence-electron chi connectivity index (χ2n) is 6.13. The van der Waals surface area contributed by atoms with E-state index in [1.165, 1.54) is 18.3 Å². The van der Waals surface area contributed by atoms with Gasteiger partial charge in [-0.1, -0.05) is 12.8 Å². The van der Waals surface area contributed by atoms with Gasteiger partial charge < -0.3 is 5.32 Å². The number of aromatic amines is 1. The van der Waals surface area contributed by atoms with Crippen LogP contribution >= 0.6 is 11.8 Å². The van der Waals surface area contributed by atoms with Gasteiger partial charge in [0.15, 0.2) is 10.8 Å². The lowest BCUT2D eigenvalue weighted by Crippen LogP contribution is -2.21. The fraction of sp³-hybridized carbons (Fsp3) is 0.294. The van der Waals surface area contributed by atoms with Crippen molar-refractivity contribution in [3.8, 4) is 0 Å². The number of H-pyrrole nitrogens is 1. The predicted octanol–water partition coefficient (Wildman–Crippen LogP) is 3.91. The molecule has 1 saturated carbocycles. The summed E-state index contributed by atoms with van der Waals surface area (Å²) in [6.07, 6.45) is 5.37. The Morgan fingerprint density at radius 1 is 1.23 bits per heavy atom. The molecule has 0 aliphatic heterocycles. The van der Waals surface area contributed by atoms with Crippen molar-refractivity contribution in [2.75, 3.05) is 5.32 Å². The topological polar surface area (TPSA) is 83.6 Å². The molecule has 2 aromatic heterocycles. The van der Waals surface area contributed by atoms with E-state index in [4.69, 9.17) is 0 Å². The van der Waals surface area contributed by atoms with Crippen molar-refractivity contribution in [2.45, 2.75) is 35.7 Å². The largest absolute Gasteiger partial charge is 0.310 e. The van der Waals surface area contributed by atoms with Crippen LogP contribution in [0.25, 0.3) is 11.0 Å². The first kappa shape index (κ1) is 16.9. The van der Waals surface area contributed by atoms with Crippen molar-refractivity contribution < 1.29 is 13.6 Å². The van der Waals surface area contributed by atoms with Gasteiger partial charge in [0, 0.05) is 12.0 Å². The standard InChI is InChI=1S/C17H15F2N5OS/c18-10-5-6-13(12(19)7-10)26-17-22-14(11-8-20-24-15(11)23-17)21-16(25)9-3-1-2-4-9/h5-9H,1-4H2,(H2,20,21,22,23,24,25). The second-order valence-corrected chi connectivity index (χ2v) is 7.14. The van der Waals surface area contributed by atoms with Gasteiger partial charge in [-0.25, -0.2) is 18.7 Å². The molecule has 4 rings (SSSR count). The Labute approximate surface area is 151 Å². The monoisotopic (exact) mass is 375 g/mol. The molecule has 2 N–H and O–H groups in total. The van der Waals surface area contributed by atoms with Gasteiger partial charge in [-0.15, -0.1) is 0 Å². The number of carbonyl (C=O) groups is 1. The molecule has 1 fully saturated rings. The van der Waals surface area contributed by atoms with Crippen LogP contribution in [0.3, 0.4) is 0 Å². The molecule has 6 nitrogen and oxygen atoms in total. The number of fused-ring (bicyclic) bond motifs is 1. The van der Waals surface area contributed by atoms with E-state index in [1.54, 1.807) is 0 Å². The summed E-state index contributed by atoms with van der Waals surface area (Å²) in [4.78, 5) is 21.2. The zero-order chi connectivity index (χ0) is 18.1. The zero-order valence-electron chi connectivity index (χ0n) is 13.6. The Kier molecular flexibility index (Phi) is 4.54. The maximum absolute atomic E-state index is 13.9. The van der Waals surface area contributed by atoms with Crippen LogP contribution in [-0.2, 0) is 4.79 Å². The maximum Gasteiger partial charge on any atom is 0.228 e. The Morgan fingerprint density at radius 2 is 2.04 bits per heavy atom. The van der Waals surface area contributed by atoms with Gasteiger partial charge in [-0.3, -0.25) is 9.89 Å². The number of hydrogen-bond acceptors (Lipinski definition) is 5. The van der Waals surface area contributed by atoms with Gasteiger partial charge in [0.2, 0.25) is 5.91 Å². The van der Waals surface area contributed by atoms with Crippen LogP contribution in [0, 0.1) is 17.6 Å². The van der Waals surface area contributed by atoms with Gasteiger partial charge in [0.1, 0.15) is 17.5 Å². The molecule has 2 heterocycles. The molecule has 1 aromatic carbocycles. The molecule has 26 heavy (non-hydrogen) atoms. The minimum atomic E-state index is -0.695. The van der Waals surface area contributed by atoms with Gasteiger partial charge >= 0.3 is 0 Å². The third-order valence-electron chi connectivity index (χ3n) is 4.35. The summed E-state index contributed by atoms with van der Waals surface area (Å²) < 4.78 is 27.0. The SMILES string of the molecule is O=C(Nc1nc(Sc2ccc(F)cc2F)nc2[nH]ncc12)C1CCCC1. The quantitative estimate of drug-likeness (QED) is 0.676. The summed E-state index contributed by atoms with van der Waals surface area (Å²) in [5.41, 5.74) is 0.437. The van der Waals surface area contributed by atoms with E-state index in [9.17, 15) is 13.6 Å². The van der Waals surface area contributed by atoms with Crippen molar-refractivity contribution in [1.82, 2.24) is 20.2 Å². The Balaban J connectivity index is 1.64. The summed E-state index contributed by atoms with van der Waals surface area (Å²) in [7, 11) is 0. The number of nitrogens with one attached hydrogen (secondary N) is 2. The number of hydrogen-bond donors (Lipinski definition) is 2. The number of carbonyl (C=O) groups excluding carboxylic acids is 1. The molecular weight excluding hydrogens is 360 g/mol. The highest BCUT2D eigenvalue weighted by atomic mass is 32.2. The molecule has 0 bridgehead atoms. The lowest BCUT2D eigenvalue weighted by atomic mass is 10.1. The average Bonchev–Trinajstić information content (AvgIpc) is 3.28. The van der Waals surface area contributed by atoms with Crippen molar-refractivity contribution in [1.29, 1.82) is 0 Å². The van der Waals surface area contributed by atoms with Gasteiger partial charge in [-0.2, -0.15) is 5.10 Å². The summed E-state index contributed by atoms with van der Waals surface area (Å²) in [6.45, 7) is 0. The summed E-state index contributed by atoms with van der Waals surface area (Å²) in [5, 5.41) is 10.3. The molecule has 1 aliphatic carbocycles. The van der Waals surface area contributed by atoms with E-state index in [0.29, 0.717) is 16.9 Å². The van der Waals surface area contributed by atoms with Crippen molar-refractivity contribution >= 4 is 34.5 Å². The smallest absolute Gasteiger partial charge is 0.228 e. The first-order chi connectivity index (χ1) is 12.6. The molecule has 0 saturated heterocycles. The Bertz CT molecular complexity index is 971. The fourth-order valence-corrected chi connectivity index (χ4v) is 3.78. The molecule has 0 radical (unpaired) electrons. The van der Waals surface area contributed by atoms with Crippen LogP contribution in [-0.4, -0.2) is 26.1 Å². The summed E-state index contributed by atoms with van der Waals surface area (Å²) >= 11 is 0.952. The van der Waals surface area contributed by atoms with Crippen molar-refractivity contribution in [3.05, 3.63) is 36.0 Å². The first-order valence-electron chi connectivity index (χ1n) is 8.25. The van der Waals surface area contributed by atoms with Crippen LogP contribution in [0.5, 0.6) is 0 Å². The normalized spacial score (nSPS) is 14.8. The second kappa shape index (κ2) is 6.99. The maximum atomic E-state index is 13.9. The van der Waals surface area contributed by atoms with Crippen LogP contribution in [0.4, 0.5) is 14.6 Å². The van der Waals surface area contributed by atoms with Crippen LogP contribution in [0.1, 0.15) is 25.7 Å². The molecule has 0 spiro atoms. The van der Waals surface area contributed by atoms with Gasteiger partial charge in [-0.05, 0) is 36.7 Å². The lowest BCUT2D eigenvalue weighted by Gasteiger charge is -2.11. The zero-order valence-corrected chi connectivity index (χ0v) is 14.4. The molecule has 134 valence electrons. The van der Waals surface area contributed by atoms with Gasteiger partial charge in [0.25, 0.3) is 0 Å². The molecule has 0 unspecified atom stereocenters. The summed E-state index contributed by atoms with van der Waals surface area (Å²) in [6, 6.07) is 3.30. The van der Waals surface area contributed by atoms with Crippen LogP contribution < -0.4 is 5.32 Å². The number of aromatic nitrogens is 4. The summed E-state index contributed by atoms with van der Waals surface area (Å²) in [5.74, 6) is -1.10. The minimum Gasteiger partial charge on any atom is -0.310 e. The van der Waals surface area contributed by atoms with E-state index in [2.05, 4.69) is 25.5 Å². The van der Waals surface area contributed by atoms with Crippen LogP contribution in [0.15, 0.2) is 34.4 Å². The van der Waals surface area contributed by atoms with Gasteiger partial charge in [0.05, 0.1) is 16.5 Å². The first-order valence-corrected chi connectivity index (χ1v) is 9.06. The highest BCUT2D eigenvalue weighted by molar-refractivity contribution is 7.99. The van der Waals surface area contributed by atoms with Crippen molar-refractivity contribution in [2.24, 2.45) is 5.92 Å². The van der Waals surface area contributed by atoms with E-state index < -0.39 is 11.6 Å². The highest BCUT2D eigenvalue weighted by Crippen LogP contribution is 2.31. The van der Waals surface area contributed by atoms with E-state index in [1.807, 2.05) is 0 Å². The third-order valence-corrected chi connectivity index (χ3v) is 5.27. The number of benzene rings is 1. The third kappa shape index (κ3) is 3.39. The molecule has 1 amide bonds. The number of nitrogens with zero attached hydrogens (tertiary/aromatic N) is 3. The lowest BCUT2D eigenvalue weighted by molar-refractivity contribution is -0.119. The van der Waals surface area contributed by atoms with E-state index in [0.717, 1.165) is 43.5 Å². The molecule has 3 aromatic rings. The predicted molar refractivity (Wildman–Crippen MR) is 92.8 cm³/mol. The van der Waals surface area contributed by atoms with Crippen molar-refractivity contribution in [3.63, 3.8) is 0 Å². The molecule has 0 atom stereocenters. The highest BCUT2D eigenvalue weighted by Gasteiger charge is 2.24. The Hall–Kier alpha value is -2.55. The average molecular weight is 375 g/mol. The number of amides is 1. The fourth-order valence-electron chi connectivity index (χ4n) is 3.02. The molecule has 1 aliphatic rings. The molecule has 9 heteroatoms. The number of halogens is 2. The number of anilines is 1. The molecular formula is C17H15F2N5OS. The van der Waals surface area contributed by atoms with E-state index in [-0.39, 0.29) is 21.9 Å². The van der Waals surface area contributed by atoms with E-state index >= 15 is 0 Å².